The number of carboxylic acids is 1. The lowest BCUT2D eigenvalue weighted by Gasteiger charge is -2.03. The van der Waals surface area contributed by atoms with Crippen molar-refractivity contribution in [2.75, 3.05) is 5.43 Å². The van der Waals surface area contributed by atoms with E-state index in [4.69, 9.17) is 5.11 Å². The molecule has 7 nitrogen and oxygen atoms in total. The Morgan fingerprint density at radius 1 is 0.897 bits per heavy atom. The van der Waals surface area contributed by atoms with Gasteiger partial charge in [0.05, 0.1) is 21.5 Å². The van der Waals surface area contributed by atoms with E-state index < -0.39 is 5.97 Å². The molecule has 4 rings (SSSR count). The maximum Gasteiger partial charge on any atom is 0.335 e. The van der Waals surface area contributed by atoms with E-state index in [0.717, 1.165) is 15.8 Å². The van der Waals surface area contributed by atoms with Gasteiger partial charge in [0.2, 0.25) is 11.0 Å². The first-order chi connectivity index (χ1) is 14.2. The van der Waals surface area contributed by atoms with Crippen molar-refractivity contribution in [3.63, 3.8) is 0 Å². The van der Waals surface area contributed by atoms with Crippen LogP contribution in [0.1, 0.15) is 15.9 Å². The number of nitrogens with one attached hydrogen (secondary N) is 1. The van der Waals surface area contributed by atoms with Crippen LogP contribution in [0, 0.1) is 0 Å². The number of hydrazone groups is 1. The predicted molar refractivity (Wildman–Crippen MR) is 114 cm³/mol. The fourth-order valence-corrected chi connectivity index (χ4v) is 3.32. The highest BCUT2D eigenvalue weighted by Crippen LogP contribution is 2.28. The smallest absolute Gasteiger partial charge is 0.335 e. The first kappa shape index (κ1) is 18.5. The van der Waals surface area contributed by atoms with E-state index in [1.165, 1.54) is 23.5 Å². The third-order valence-electron chi connectivity index (χ3n) is 3.97. The minimum absolute atomic E-state index is 0.207. The molecule has 8 heteroatoms. The van der Waals surface area contributed by atoms with Gasteiger partial charge in [0.25, 0.3) is 0 Å². The number of anilines is 1. The van der Waals surface area contributed by atoms with Gasteiger partial charge in [-0.2, -0.15) is 5.10 Å². The summed E-state index contributed by atoms with van der Waals surface area (Å²) in [5.41, 5.74) is 5.40. The first-order valence-corrected chi connectivity index (χ1v) is 9.50. The maximum atomic E-state index is 11.0. The topological polar surface area (TPSA) is 99.3 Å². The number of amidine groups is 1. The van der Waals surface area contributed by atoms with Gasteiger partial charge in [0.15, 0.2) is 0 Å². The molecule has 4 aromatic rings. The number of carboxylic acid groups (broad SMARTS) is 1. The molecule has 0 fully saturated rings. The average molecular weight is 401 g/mol. The molecule has 0 aliphatic carbocycles. The Balaban J connectivity index is 1.60. The molecular formula is C21H15N5O2S. The van der Waals surface area contributed by atoms with Gasteiger partial charge in [-0.15, -0.1) is 10.2 Å². The lowest BCUT2D eigenvalue weighted by Crippen LogP contribution is -2.01. The normalized spacial score (nSPS) is 11.8. The predicted octanol–water partition coefficient (Wildman–Crippen LogP) is 5.55. The summed E-state index contributed by atoms with van der Waals surface area (Å²) in [5.74, 6) is -0.596. The summed E-state index contributed by atoms with van der Waals surface area (Å²) in [5, 5.41) is 22.4. The molecule has 1 aromatic heterocycles. The summed E-state index contributed by atoms with van der Waals surface area (Å²) in [7, 11) is 0. The molecule has 0 atom stereocenters. The van der Waals surface area contributed by atoms with E-state index in [-0.39, 0.29) is 5.56 Å². The molecule has 0 saturated carbocycles. The number of para-hydroxylation sites is 1. The van der Waals surface area contributed by atoms with E-state index in [1.54, 1.807) is 12.1 Å². The molecule has 0 amide bonds. The van der Waals surface area contributed by atoms with E-state index in [2.05, 4.69) is 25.7 Å². The van der Waals surface area contributed by atoms with Gasteiger partial charge in [-0.05, 0) is 36.4 Å². The van der Waals surface area contributed by atoms with E-state index in [0.29, 0.717) is 16.7 Å². The Morgan fingerprint density at radius 3 is 2.34 bits per heavy atom. The quantitative estimate of drug-likeness (QED) is 0.198. The van der Waals surface area contributed by atoms with Crippen LogP contribution in [-0.4, -0.2) is 21.9 Å². The molecule has 0 spiro atoms. The molecule has 1 heterocycles. The van der Waals surface area contributed by atoms with Crippen LogP contribution < -0.4 is 5.43 Å². The van der Waals surface area contributed by atoms with Gasteiger partial charge in [-0.25, -0.2) is 9.78 Å². The average Bonchev–Trinajstić information content (AvgIpc) is 3.17. The van der Waals surface area contributed by atoms with Crippen molar-refractivity contribution in [3.8, 4) is 0 Å². The van der Waals surface area contributed by atoms with Crippen LogP contribution in [-0.2, 0) is 0 Å². The van der Waals surface area contributed by atoms with Crippen molar-refractivity contribution in [1.29, 1.82) is 0 Å². The Morgan fingerprint density at radius 2 is 1.62 bits per heavy atom. The third kappa shape index (κ3) is 4.50. The van der Waals surface area contributed by atoms with Crippen molar-refractivity contribution < 1.29 is 9.90 Å². The van der Waals surface area contributed by atoms with Gasteiger partial charge < -0.3 is 5.11 Å². The van der Waals surface area contributed by atoms with E-state index in [9.17, 15) is 4.79 Å². The maximum absolute atomic E-state index is 11.0. The molecule has 0 radical (unpaired) electrons. The number of aromatic carboxylic acids is 1. The molecule has 2 N–H and O–H groups in total. The van der Waals surface area contributed by atoms with Crippen molar-refractivity contribution in [2.45, 2.75) is 0 Å². The van der Waals surface area contributed by atoms with Crippen LogP contribution in [0.3, 0.4) is 0 Å². The number of carbonyl (C=O) groups is 1. The summed E-state index contributed by atoms with van der Waals surface area (Å²) in [4.78, 5) is 15.4. The minimum Gasteiger partial charge on any atom is -0.478 e. The summed E-state index contributed by atoms with van der Waals surface area (Å²) in [6.45, 7) is 0. The highest BCUT2D eigenvalue weighted by atomic mass is 32.1. The molecule has 0 unspecified atom stereocenters. The zero-order valence-electron chi connectivity index (χ0n) is 15.1. The number of azo groups is 1. The summed E-state index contributed by atoms with van der Waals surface area (Å²) >= 11 is 1.45. The Hall–Kier alpha value is -3.91. The zero-order valence-corrected chi connectivity index (χ0v) is 15.9. The van der Waals surface area contributed by atoms with Gasteiger partial charge in [0.1, 0.15) is 0 Å². The lowest BCUT2D eigenvalue weighted by atomic mass is 10.2. The fraction of sp³-hybridized carbons (Fsp3) is 0. The summed E-state index contributed by atoms with van der Waals surface area (Å²) in [6, 6.07) is 23.5. The van der Waals surface area contributed by atoms with Crippen LogP contribution in [0.2, 0.25) is 0 Å². The van der Waals surface area contributed by atoms with Gasteiger partial charge in [-0.1, -0.05) is 53.8 Å². The SMILES string of the molecule is O=C(O)c1ccc(N/N=C(/N=Nc2nc3ccccc3s2)c2ccccc2)cc1. The van der Waals surface area contributed by atoms with E-state index in [1.807, 2.05) is 54.6 Å². The van der Waals surface area contributed by atoms with Crippen LogP contribution in [0.25, 0.3) is 10.2 Å². The van der Waals surface area contributed by atoms with Crippen molar-refractivity contribution in [3.05, 3.63) is 90.0 Å². The van der Waals surface area contributed by atoms with Gasteiger partial charge in [-0.3, -0.25) is 5.43 Å². The molecule has 3 aromatic carbocycles. The third-order valence-corrected chi connectivity index (χ3v) is 4.89. The second kappa shape index (κ2) is 8.41. The van der Waals surface area contributed by atoms with Crippen molar-refractivity contribution in [1.82, 2.24) is 4.98 Å². The standard InChI is InChI=1S/C21H15N5O2S/c27-20(28)15-10-12-16(13-11-15)23-24-19(14-6-2-1-3-7-14)25-26-21-22-17-8-4-5-9-18(17)29-21/h1-13,23H,(H,27,28)/b24-19+,26-25?. The zero-order chi connectivity index (χ0) is 20.1. The minimum atomic E-state index is -0.977. The summed E-state index contributed by atoms with van der Waals surface area (Å²) in [6.07, 6.45) is 0. The number of hydrogen-bond acceptors (Lipinski definition) is 6. The number of aromatic nitrogens is 1. The number of rotatable bonds is 5. The van der Waals surface area contributed by atoms with Crippen molar-refractivity contribution >= 4 is 44.2 Å². The second-order valence-corrected chi connectivity index (χ2v) is 6.97. The fourth-order valence-electron chi connectivity index (χ4n) is 2.53. The molecule has 29 heavy (non-hydrogen) atoms. The molecular weight excluding hydrogens is 386 g/mol. The van der Waals surface area contributed by atoms with E-state index >= 15 is 0 Å². The van der Waals surface area contributed by atoms with Crippen LogP contribution in [0.15, 0.2) is 94.2 Å². The van der Waals surface area contributed by atoms with Gasteiger partial charge in [0, 0.05) is 5.56 Å². The molecule has 142 valence electrons. The summed E-state index contributed by atoms with van der Waals surface area (Å²) < 4.78 is 1.04. The first-order valence-electron chi connectivity index (χ1n) is 8.69. The number of benzene rings is 3. The van der Waals surface area contributed by atoms with Gasteiger partial charge >= 0.3 is 5.97 Å². The molecule has 0 aliphatic rings. The number of nitrogens with zero attached hydrogens (tertiary/aromatic N) is 4. The number of fused-ring (bicyclic) bond motifs is 1. The second-order valence-electron chi connectivity index (χ2n) is 5.96. The Kier molecular flexibility index (Phi) is 5.35. The molecule has 0 bridgehead atoms. The number of hydrogen-bond donors (Lipinski definition) is 2. The monoisotopic (exact) mass is 401 g/mol. The van der Waals surface area contributed by atoms with Crippen LogP contribution in [0.5, 0.6) is 0 Å². The Bertz CT molecular complexity index is 1170. The Labute approximate surface area is 170 Å². The lowest BCUT2D eigenvalue weighted by molar-refractivity contribution is 0.0697. The molecule has 0 aliphatic heterocycles. The van der Waals surface area contributed by atoms with Crippen molar-refractivity contribution in [2.24, 2.45) is 15.3 Å². The molecule has 0 saturated heterocycles. The van der Waals surface area contributed by atoms with Crippen LogP contribution >= 0.6 is 11.3 Å². The highest BCUT2D eigenvalue weighted by Gasteiger charge is 2.06. The highest BCUT2D eigenvalue weighted by molar-refractivity contribution is 7.21. The van der Waals surface area contributed by atoms with Crippen LogP contribution in [0.4, 0.5) is 10.8 Å². The largest absolute Gasteiger partial charge is 0.478 e. The number of thiazole rings is 1.